The van der Waals surface area contributed by atoms with Gasteiger partial charge in [-0.15, -0.1) is 0 Å². The number of hydrogen-bond donors (Lipinski definition) is 2. The monoisotopic (exact) mass is 459 g/mol. The second-order valence-electron chi connectivity index (χ2n) is 8.34. The van der Waals surface area contributed by atoms with Crippen LogP contribution < -0.4 is 10.6 Å². The molecule has 32 heavy (non-hydrogen) atoms. The maximum Gasteiger partial charge on any atom is 0.235 e. The van der Waals surface area contributed by atoms with Gasteiger partial charge in [-0.25, -0.2) is 4.39 Å². The van der Waals surface area contributed by atoms with Gasteiger partial charge >= 0.3 is 0 Å². The number of carbonyl (C=O) groups excluding carboxylic acids is 2. The molecule has 8 heteroatoms. The summed E-state index contributed by atoms with van der Waals surface area (Å²) in [5.74, 6) is -0.948. The lowest BCUT2D eigenvalue weighted by molar-refractivity contribution is -0.124. The average Bonchev–Trinajstić information content (AvgIpc) is 2.76. The lowest BCUT2D eigenvalue weighted by Gasteiger charge is -2.40. The quantitative estimate of drug-likeness (QED) is 0.651. The van der Waals surface area contributed by atoms with Crippen LogP contribution in [0.2, 0.25) is 5.02 Å². The number of nitrogens with zero attached hydrogens (tertiary/aromatic N) is 1. The van der Waals surface area contributed by atoms with E-state index in [1.807, 2.05) is 12.1 Å². The summed E-state index contributed by atoms with van der Waals surface area (Å²) in [6, 6.07) is 11.6. The summed E-state index contributed by atoms with van der Waals surface area (Å²) in [4.78, 5) is 27.6. The highest BCUT2D eigenvalue weighted by molar-refractivity contribution is 6.30. The van der Waals surface area contributed by atoms with E-state index in [1.165, 1.54) is 18.2 Å². The SMILES string of the molecule is O=C(CCN1CCOCC1)Nc1cc(NC(=O)C2(c3ccc(Cl)cc3)CCC2)ccc1F. The minimum absolute atomic E-state index is 0.0592. The molecule has 2 aromatic rings. The number of ether oxygens (including phenoxy) is 1. The topological polar surface area (TPSA) is 70.7 Å². The molecular weight excluding hydrogens is 433 g/mol. The minimum Gasteiger partial charge on any atom is -0.379 e. The lowest BCUT2D eigenvalue weighted by atomic mass is 9.64. The van der Waals surface area contributed by atoms with E-state index >= 15 is 0 Å². The van der Waals surface area contributed by atoms with E-state index in [1.54, 1.807) is 12.1 Å². The summed E-state index contributed by atoms with van der Waals surface area (Å²) < 4.78 is 19.6. The van der Waals surface area contributed by atoms with Crippen LogP contribution in [0.4, 0.5) is 15.8 Å². The maximum atomic E-state index is 14.3. The standard InChI is InChI=1S/C24H27ClFN3O3/c25-18-4-2-17(3-5-18)24(9-1-10-24)23(31)27-19-6-7-20(26)21(16-19)28-22(30)8-11-29-12-14-32-15-13-29/h2-7,16H,1,8-15H2,(H,27,31)(H,28,30). The first-order valence-corrected chi connectivity index (χ1v) is 11.3. The number of morpholine rings is 1. The van der Waals surface area contributed by atoms with Crippen LogP contribution in [0.15, 0.2) is 42.5 Å². The molecule has 0 aromatic heterocycles. The fourth-order valence-corrected chi connectivity index (χ4v) is 4.32. The third-order valence-electron chi connectivity index (χ3n) is 6.30. The number of anilines is 2. The normalized spacial score (nSPS) is 17.9. The molecule has 2 N–H and O–H groups in total. The van der Waals surface area contributed by atoms with Crippen molar-refractivity contribution in [2.24, 2.45) is 0 Å². The summed E-state index contributed by atoms with van der Waals surface area (Å²) in [6.07, 6.45) is 2.71. The fourth-order valence-electron chi connectivity index (χ4n) is 4.19. The summed E-state index contributed by atoms with van der Waals surface area (Å²) in [5.41, 5.74) is 0.814. The van der Waals surface area contributed by atoms with E-state index in [0.717, 1.165) is 37.9 Å². The molecule has 0 unspecified atom stereocenters. The minimum atomic E-state index is -0.611. The van der Waals surface area contributed by atoms with Crippen LogP contribution in [-0.4, -0.2) is 49.6 Å². The van der Waals surface area contributed by atoms with Gasteiger partial charge in [0, 0.05) is 36.8 Å². The molecule has 2 amide bonds. The van der Waals surface area contributed by atoms with Gasteiger partial charge in [0.1, 0.15) is 5.82 Å². The van der Waals surface area contributed by atoms with E-state index in [0.29, 0.717) is 30.5 Å². The summed E-state index contributed by atoms with van der Waals surface area (Å²) >= 11 is 5.99. The molecule has 4 rings (SSSR count). The molecule has 6 nitrogen and oxygen atoms in total. The molecule has 1 aliphatic heterocycles. The van der Waals surface area contributed by atoms with Crippen LogP contribution in [0, 0.1) is 5.82 Å². The molecular formula is C24H27ClFN3O3. The highest BCUT2D eigenvalue weighted by Gasteiger charge is 2.45. The largest absolute Gasteiger partial charge is 0.379 e. The number of rotatable bonds is 7. The predicted molar refractivity (Wildman–Crippen MR) is 123 cm³/mol. The van der Waals surface area contributed by atoms with Crippen molar-refractivity contribution in [1.82, 2.24) is 4.90 Å². The number of halogens is 2. The Hall–Kier alpha value is -2.48. The molecule has 0 atom stereocenters. The number of benzene rings is 2. The zero-order valence-electron chi connectivity index (χ0n) is 17.8. The molecule has 1 saturated carbocycles. The highest BCUT2D eigenvalue weighted by atomic mass is 35.5. The van der Waals surface area contributed by atoms with Crippen LogP contribution >= 0.6 is 11.6 Å². The Morgan fingerprint density at radius 1 is 1.06 bits per heavy atom. The van der Waals surface area contributed by atoms with Gasteiger partial charge in [-0.05, 0) is 48.7 Å². The van der Waals surface area contributed by atoms with Gasteiger partial charge in [0.15, 0.2) is 0 Å². The molecule has 0 bridgehead atoms. The molecule has 0 spiro atoms. The van der Waals surface area contributed by atoms with Gasteiger partial charge in [-0.3, -0.25) is 14.5 Å². The Bertz CT molecular complexity index is 973. The van der Waals surface area contributed by atoms with Crippen molar-refractivity contribution in [1.29, 1.82) is 0 Å². The third-order valence-corrected chi connectivity index (χ3v) is 6.55. The van der Waals surface area contributed by atoms with Crippen LogP contribution in [0.5, 0.6) is 0 Å². The summed E-state index contributed by atoms with van der Waals surface area (Å²) in [7, 11) is 0. The smallest absolute Gasteiger partial charge is 0.235 e. The van der Waals surface area contributed by atoms with E-state index in [4.69, 9.17) is 16.3 Å². The van der Waals surface area contributed by atoms with E-state index < -0.39 is 11.2 Å². The van der Waals surface area contributed by atoms with Gasteiger partial charge in [0.2, 0.25) is 11.8 Å². The van der Waals surface area contributed by atoms with Gasteiger partial charge in [-0.1, -0.05) is 30.2 Å². The number of carbonyl (C=O) groups is 2. The van der Waals surface area contributed by atoms with Crippen molar-refractivity contribution in [2.75, 3.05) is 43.5 Å². The highest BCUT2D eigenvalue weighted by Crippen LogP contribution is 2.45. The lowest BCUT2D eigenvalue weighted by Crippen LogP contribution is -2.46. The van der Waals surface area contributed by atoms with E-state index in [2.05, 4.69) is 15.5 Å². The van der Waals surface area contributed by atoms with Crippen molar-refractivity contribution in [3.05, 3.63) is 58.9 Å². The van der Waals surface area contributed by atoms with E-state index in [-0.39, 0.29) is 23.9 Å². The Labute approximate surface area is 192 Å². The van der Waals surface area contributed by atoms with Crippen LogP contribution in [0.3, 0.4) is 0 Å². The summed E-state index contributed by atoms with van der Waals surface area (Å²) in [5, 5.41) is 6.16. The first-order valence-electron chi connectivity index (χ1n) is 10.9. The Kier molecular flexibility index (Phi) is 7.08. The molecule has 2 fully saturated rings. The van der Waals surface area contributed by atoms with Crippen LogP contribution in [-0.2, 0) is 19.7 Å². The molecule has 2 aromatic carbocycles. The van der Waals surface area contributed by atoms with Crippen LogP contribution in [0.1, 0.15) is 31.2 Å². The molecule has 1 saturated heterocycles. The molecule has 0 radical (unpaired) electrons. The van der Waals surface area contributed by atoms with Crippen molar-refractivity contribution in [3.63, 3.8) is 0 Å². The van der Waals surface area contributed by atoms with E-state index in [9.17, 15) is 14.0 Å². The molecule has 170 valence electrons. The van der Waals surface area contributed by atoms with Crippen LogP contribution in [0.25, 0.3) is 0 Å². The third kappa shape index (κ3) is 5.11. The van der Waals surface area contributed by atoms with Gasteiger partial charge in [0.25, 0.3) is 0 Å². The number of amides is 2. The molecule has 2 aliphatic rings. The maximum absolute atomic E-state index is 14.3. The Balaban J connectivity index is 1.40. The number of nitrogens with one attached hydrogen (secondary N) is 2. The average molecular weight is 460 g/mol. The Morgan fingerprint density at radius 2 is 1.78 bits per heavy atom. The first kappa shape index (κ1) is 22.7. The fraction of sp³-hybridized carbons (Fsp3) is 0.417. The predicted octanol–water partition coefficient (Wildman–Crippen LogP) is 4.20. The van der Waals surface area contributed by atoms with Crippen molar-refractivity contribution in [2.45, 2.75) is 31.1 Å². The van der Waals surface area contributed by atoms with Crippen molar-refractivity contribution in [3.8, 4) is 0 Å². The zero-order valence-corrected chi connectivity index (χ0v) is 18.6. The molecule has 1 aliphatic carbocycles. The van der Waals surface area contributed by atoms with Gasteiger partial charge < -0.3 is 15.4 Å². The van der Waals surface area contributed by atoms with Crippen molar-refractivity contribution >= 4 is 34.8 Å². The molecule has 1 heterocycles. The van der Waals surface area contributed by atoms with Gasteiger partial charge in [0.05, 0.1) is 24.3 Å². The summed E-state index contributed by atoms with van der Waals surface area (Å²) in [6.45, 7) is 3.50. The first-order chi connectivity index (χ1) is 15.5. The van der Waals surface area contributed by atoms with Gasteiger partial charge in [-0.2, -0.15) is 0 Å². The Morgan fingerprint density at radius 3 is 2.44 bits per heavy atom. The number of hydrogen-bond acceptors (Lipinski definition) is 4. The van der Waals surface area contributed by atoms with Crippen molar-refractivity contribution < 1.29 is 18.7 Å². The second kappa shape index (κ2) is 9.98. The second-order valence-corrected chi connectivity index (χ2v) is 8.78. The zero-order chi connectivity index (χ0) is 22.6.